The van der Waals surface area contributed by atoms with E-state index >= 15 is 0 Å². The molecule has 1 atom stereocenters. The first-order valence-electron chi connectivity index (χ1n) is 5.98. The summed E-state index contributed by atoms with van der Waals surface area (Å²) in [6.07, 6.45) is 2.90. The zero-order chi connectivity index (χ0) is 11.9. The number of hydrogen-bond donors (Lipinski definition) is 2. The number of pyridine rings is 1. The van der Waals surface area contributed by atoms with Crippen LogP contribution < -0.4 is 10.1 Å². The van der Waals surface area contributed by atoms with Crippen LogP contribution in [0.25, 0.3) is 0 Å². The highest BCUT2D eigenvalue weighted by Crippen LogP contribution is 2.06. The molecule has 1 fully saturated rings. The van der Waals surface area contributed by atoms with Crippen LogP contribution in [0.1, 0.15) is 0 Å². The monoisotopic (exact) mass is 237 g/mol. The maximum Gasteiger partial charge on any atom is 0.137 e. The van der Waals surface area contributed by atoms with Gasteiger partial charge in [0.25, 0.3) is 0 Å². The summed E-state index contributed by atoms with van der Waals surface area (Å²) in [6, 6.07) is 3.66. The van der Waals surface area contributed by atoms with Crippen molar-refractivity contribution in [3.8, 4) is 5.75 Å². The third kappa shape index (κ3) is 4.30. The Balaban J connectivity index is 1.68. The fraction of sp³-hybridized carbons (Fsp3) is 0.583. The third-order valence-corrected chi connectivity index (χ3v) is 2.76. The third-order valence-electron chi connectivity index (χ3n) is 2.76. The van der Waals surface area contributed by atoms with Gasteiger partial charge in [0, 0.05) is 38.9 Å². The van der Waals surface area contributed by atoms with Crippen LogP contribution in [0.2, 0.25) is 0 Å². The predicted molar refractivity (Wildman–Crippen MR) is 65.0 cm³/mol. The highest BCUT2D eigenvalue weighted by atomic mass is 16.5. The Morgan fingerprint density at radius 3 is 3.00 bits per heavy atom. The number of nitrogens with one attached hydrogen (secondary N) is 1. The number of aliphatic hydroxyl groups is 1. The molecular formula is C12H19N3O2. The number of rotatable bonds is 5. The summed E-state index contributed by atoms with van der Waals surface area (Å²) in [6.45, 7) is 4.96. The number of aliphatic hydroxyl groups excluding tert-OH is 1. The zero-order valence-electron chi connectivity index (χ0n) is 9.88. The van der Waals surface area contributed by atoms with E-state index in [0.717, 1.165) is 26.2 Å². The molecule has 2 N–H and O–H groups in total. The van der Waals surface area contributed by atoms with Crippen molar-refractivity contribution in [3.63, 3.8) is 0 Å². The number of ether oxygens (including phenoxy) is 1. The lowest BCUT2D eigenvalue weighted by Gasteiger charge is -2.28. The normalized spacial score (nSPS) is 18.9. The van der Waals surface area contributed by atoms with Crippen LogP contribution in [0.4, 0.5) is 0 Å². The molecule has 1 aromatic heterocycles. The van der Waals surface area contributed by atoms with Crippen molar-refractivity contribution in [3.05, 3.63) is 24.5 Å². The lowest BCUT2D eigenvalue weighted by Crippen LogP contribution is -2.47. The molecule has 1 unspecified atom stereocenters. The molecule has 0 radical (unpaired) electrons. The number of nitrogens with zero attached hydrogens (tertiary/aromatic N) is 2. The van der Waals surface area contributed by atoms with E-state index in [1.165, 1.54) is 0 Å². The van der Waals surface area contributed by atoms with Crippen molar-refractivity contribution in [2.45, 2.75) is 6.10 Å². The number of aromatic nitrogens is 1. The summed E-state index contributed by atoms with van der Waals surface area (Å²) < 4.78 is 5.45. The molecule has 1 aliphatic rings. The predicted octanol–water partition coefficient (Wildman–Crippen LogP) is -0.273. The van der Waals surface area contributed by atoms with Crippen molar-refractivity contribution in [1.82, 2.24) is 15.2 Å². The van der Waals surface area contributed by atoms with Gasteiger partial charge in [-0.2, -0.15) is 0 Å². The molecule has 0 saturated carbocycles. The first-order valence-corrected chi connectivity index (χ1v) is 5.98. The van der Waals surface area contributed by atoms with Crippen LogP contribution in [0, 0.1) is 0 Å². The number of piperazine rings is 1. The molecule has 5 heteroatoms. The van der Waals surface area contributed by atoms with Crippen molar-refractivity contribution < 1.29 is 9.84 Å². The fourth-order valence-corrected chi connectivity index (χ4v) is 1.87. The quantitative estimate of drug-likeness (QED) is 0.738. The molecule has 94 valence electrons. The molecule has 0 spiro atoms. The summed E-state index contributed by atoms with van der Waals surface area (Å²) in [7, 11) is 0. The van der Waals surface area contributed by atoms with Crippen LogP contribution >= 0.6 is 0 Å². The fourth-order valence-electron chi connectivity index (χ4n) is 1.87. The lowest BCUT2D eigenvalue weighted by atomic mass is 10.3. The molecule has 17 heavy (non-hydrogen) atoms. The molecule has 1 saturated heterocycles. The van der Waals surface area contributed by atoms with E-state index < -0.39 is 6.10 Å². The van der Waals surface area contributed by atoms with Crippen molar-refractivity contribution in [2.75, 3.05) is 39.3 Å². The maximum atomic E-state index is 9.86. The standard InChI is InChI=1S/C12H19N3O2/c16-11(9-15-6-4-13-5-7-15)10-17-12-2-1-3-14-8-12/h1-3,8,11,13,16H,4-7,9-10H2. The smallest absolute Gasteiger partial charge is 0.137 e. The second kappa shape index (κ2) is 6.54. The van der Waals surface area contributed by atoms with Crippen molar-refractivity contribution in [1.29, 1.82) is 0 Å². The van der Waals surface area contributed by atoms with E-state index in [9.17, 15) is 5.11 Å². The minimum atomic E-state index is -0.451. The molecule has 0 amide bonds. The topological polar surface area (TPSA) is 57.6 Å². The molecule has 0 aliphatic carbocycles. The molecule has 2 rings (SSSR count). The van der Waals surface area contributed by atoms with Gasteiger partial charge in [0.1, 0.15) is 18.5 Å². The van der Waals surface area contributed by atoms with Gasteiger partial charge in [-0.25, -0.2) is 0 Å². The van der Waals surface area contributed by atoms with Gasteiger partial charge in [0.05, 0.1) is 6.20 Å². The van der Waals surface area contributed by atoms with E-state index in [1.807, 2.05) is 12.1 Å². The first kappa shape index (κ1) is 12.3. The van der Waals surface area contributed by atoms with Crippen LogP contribution in [0.15, 0.2) is 24.5 Å². The van der Waals surface area contributed by atoms with Crippen LogP contribution in [0.3, 0.4) is 0 Å². The Hall–Kier alpha value is -1.17. The Labute approximate surface area is 101 Å². The second-order valence-corrected chi connectivity index (χ2v) is 4.20. The minimum absolute atomic E-state index is 0.315. The van der Waals surface area contributed by atoms with Gasteiger partial charge in [-0.3, -0.25) is 9.88 Å². The van der Waals surface area contributed by atoms with E-state index in [4.69, 9.17) is 4.74 Å². The summed E-state index contributed by atoms with van der Waals surface area (Å²) in [4.78, 5) is 6.20. The van der Waals surface area contributed by atoms with Crippen molar-refractivity contribution in [2.24, 2.45) is 0 Å². The van der Waals surface area contributed by atoms with E-state index in [1.54, 1.807) is 12.4 Å². The van der Waals surface area contributed by atoms with E-state index in [-0.39, 0.29) is 0 Å². The summed E-state index contributed by atoms with van der Waals surface area (Å²) in [5.41, 5.74) is 0. The molecule has 1 aliphatic heterocycles. The van der Waals surface area contributed by atoms with Crippen LogP contribution in [-0.4, -0.2) is 60.4 Å². The molecule has 0 bridgehead atoms. The van der Waals surface area contributed by atoms with Gasteiger partial charge in [0.15, 0.2) is 0 Å². The Bertz CT molecular complexity index is 315. The first-order chi connectivity index (χ1) is 8.34. The molecule has 5 nitrogen and oxygen atoms in total. The molecule has 1 aromatic rings. The largest absolute Gasteiger partial charge is 0.489 e. The summed E-state index contributed by atoms with van der Waals surface area (Å²) in [5.74, 6) is 0.701. The SMILES string of the molecule is OC(COc1cccnc1)CN1CCNCC1. The molecule has 2 heterocycles. The Morgan fingerprint density at radius 1 is 1.47 bits per heavy atom. The van der Waals surface area contributed by atoms with Gasteiger partial charge in [-0.1, -0.05) is 0 Å². The highest BCUT2D eigenvalue weighted by Gasteiger charge is 2.14. The Kier molecular flexibility index (Phi) is 4.73. The van der Waals surface area contributed by atoms with Gasteiger partial charge in [-0.05, 0) is 12.1 Å². The average molecular weight is 237 g/mol. The van der Waals surface area contributed by atoms with E-state index in [2.05, 4.69) is 15.2 Å². The lowest BCUT2D eigenvalue weighted by molar-refractivity contribution is 0.0640. The molecular weight excluding hydrogens is 218 g/mol. The van der Waals surface area contributed by atoms with Gasteiger partial charge in [-0.15, -0.1) is 0 Å². The van der Waals surface area contributed by atoms with Gasteiger partial charge >= 0.3 is 0 Å². The maximum absolute atomic E-state index is 9.86. The summed E-state index contributed by atoms with van der Waals surface area (Å²) >= 11 is 0. The Morgan fingerprint density at radius 2 is 2.29 bits per heavy atom. The number of β-amino-alcohol motifs (C(OH)–C–C–N with tert-alkyl or cyclic N) is 1. The number of hydrogen-bond acceptors (Lipinski definition) is 5. The highest BCUT2D eigenvalue weighted by molar-refractivity contribution is 5.15. The van der Waals surface area contributed by atoms with Crippen molar-refractivity contribution >= 4 is 0 Å². The van der Waals surface area contributed by atoms with E-state index in [0.29, 0.717) is 18.9 Å². The second-order valence-electron chi connectivity index (χ2n) is 4.20. The van der Waals surface area contributed by atoms with Gasteiger partial charge < -0.3 is 15.2 Å². The minimum Gasteiger partial charge on any atom is -0.489 e. The van der Waals surface area contributed by atoms with Crippen LogP contribution in [0.5, 0.6) is 5.75 Å². The molecule has 0 aromatic carbocycles. The summed E-state index contributed by atoms with van der Waals surface area (Å²) in [5, 5.41) is 13.1. The van der Waals surface area contributed by atoms with Crippen LogP contribution in [-0.2, 0) is 0 Å². The van der Waals surface area contributed by atoms with Gasteiger partial charge in [0.2, 0.25) is 0 Å². The average Bonchev–Trinajstić information content (AvgIpc) is 2.39. The zero-order valence-corrected chi connectivity index (χ0v) is 9.88.